The van der Waals surface area contributed by atoms with Crippen molar-refractivity contribution in [2.24, 2.45) is 0 Å². The Labute approximate surface area is 119 Å². The van der Waals surface area contributed by atoms with Crippen molar-refractivity contribution in [1.82, 2.24) is 5.32 Å². The predicted octanol–water partition coefficient (Wildman–Crippen LogP) is 3.74. The van der Waals surface area contributed by atoms with E-state index in [4.69, 9.17) is 4.74 Å². The molecule has 0 heterocycles. The van der Waals surface area contributed by atoms with Crippen molar-refractivity contribution in [2.75, 3.05) is 7.11 Å². The van der Waals surface area contributed by atoms with E-state index in [0.29, 0.717) is 11.1 Å². The van der Waals surface area contributed by atoms with Crippen LogP contribution in [0, 0.1) is 19.7 Å². The number of halogens is 1. The number of hydrogen-bond donors (Lipinski definition) is 1. The van der Waals surface area contributed by atoms with E-state index in [1.54, 1.807) is 21.0 Å². The number of methoxy groups -OCH3 is 1. The molecule has 0 unspecified atom stereocenters. The molecule has 2 rings (SSSR count). The maximum absolute atomic E-state index is 13.5. The number of benzene rings is 2. The fourth-order valence-corrected chi connectivity index (χ4v) is 2.27. The van der Waals surface area contributed by atoms with Crippen molar-refractivity contribution >= 4 is 0 Å². The molecule has 0 bridgehead atoms. The molecule has 2 aromatic rings. The lowest BCUT2D eigenvalue weighted by molar-refractivity contribution is 0.414. The highest BCUT2D eigenvalue weighted by Gasteiger charge is 2.04. The molecule has 0 radical (unpaired) electrons. The molecule has 106 valence electrons. The summed E-state index contributed by atoms with van der Waals surface area (Å²) in [7, 11) is 1.66. The average molecular weight is 273 g/mol. The molecule has 2 aromatic carbocycles. The van der Waals surface area contributed by atoms with Gasteiger partial charge in [0.25, 0.3) is 0 Å². The maximum atomic E-state index is 13.5. The second kappa shape index (κ2) is 6.53. The third kappa shape index (κ3) is 3.58. The summed E-state index contributed by atoms with van der Waals surface area (Å²) in [5.74, 6) is 0.749. The van der Waals surface area contributed by atoms with Gasteiger partial charge in [0.2, 0.25) is 0 Å². The second-order valence-corrected chi connectivity index (χ2v) is 5.00. The second-order valence-electron chi connectivity index (χ2n) is 5.00. The first-order valence-electron chi connectivity index (χ1n) is 6.69. The van der Waals surface area contributed by atoms with Gasteiger partial charge in [0.15, 0.2) is 0 Å². The lowest BCUT2D eigenvalue weighted by atomic mass is 10.1. The van der Waals surface area contributed by atoms with Gasteiger partial charge in [0, 0.05) is 13.1 Å². The highest BCUT2D eigenvalue weighted by Crippen LogP contribution is 2.15. The van der Waals surface area contributed by atoms with Crippen LogP contribution in [0.3, 0.4) is 0 Å². The Hall–Kier alpha value is -1.87. The maximum Gasteiger partial charge on any atom is 0.129 e. The molecule has 0 aromatic heterocycles. The molecular formula is C17H20FNO. The van der Waals surface area contributed by atoms with E-state index in [0.717, 1.165) is 24.4 Å². The van der Waals surface area contributed by atoms with Gasteiger partial charge in [-0.1, -0.05) is 24.3 Å². The van der Waals surface area contributed by atoms with Crippen LogP contribution in [0.2, 0.25) is 0 Å². The van der Waals surface area contributed by atoms with Gasteiger partial charge in [-0.25, -0.2) is 4.39 Å². The van der Waals surface area contributed by atoms with Crippen molar-refractivity contribution < 1.29 is 9.13 Å². The van der Waals surface area contributed by atoms with E-state index in [1.807, 2.05) is 30.3 Å². The molecule has 0 spiro atoms. The summed E-state index contributed by atoms with van der Waals surface area (Å²) < 4.78 is 18.7. The van der Waals surface area contributed by atoms with Crippen LogP contribution in [0.15, 0.2) is 36.4 Å². The molecule has 0 saturated heterocycles. The van der Waals surface area contributed by atoms with Crippen LogP contribution >= 0.6 is 0 Å². The van der Waals surface area contributed by atoms with Crippen LogP contribution in [-0.2, 0) is 13.1 Å². The molecule has 0 aliphatic heterocycles. The minimum atomic E-state index is -0.110. The predicted molar refractivity (Wildman–Crippen MR) is 79.4 cm³/mol. The zero-order chi connectivity index (χ0) is 14.5. The minimum Gasteiger partial charge on any atom is -0.497 e. The van der Waals surface area contributed by atoms with Crippen LogP contribution < -0.4 is 10.1 Å². The fraction of sp³-hybridized carbons (Fsp3) is 0.294. The molecule has 3 heteroatoms. The quantitative estimate of drug-likeness (QED) is 0.896. The molecule has 20 heavy (non-hydrogen) atoms. The van der Waals surface area contributed by atoms with Crippen LogP contribution in [0.5, 0.6) is 5.75 Å². The monoisotopic (exact) mass is 273 g/mol. The molecular weight excluding hydrogens is 253 g/mol. The Balaban J connectivity index is 1.95. The Kier molecular flexibility index (Phi) is 4.74. The van der Waals surface area contributed by atoms with Crippen LogP contribution in [0.4, 0.5) is 4.39 Å². The normalized spacial score (nSPS) is 10.6. The number of aryl methyl sites for hydroxylation is 2. The number of rotatable bonds is 5. The van der Waals surface area contributed by atoms with Gasteiger partial charge in [-0.2, -0.15) is 0 Å². The molecule has 1 N–H and O–H groups in total. The highest BCUT2D eigenvalue weighted by atomic mass is 19.1. The van der Waals surface area contributed by atoms with Crippen molar-refractivity contribution in [1.29, 1.82) is 0 Å². The standard InChI is InChI=1S/C17H20FNO/c1-12-7-15(8-13(2)17(12)18)11-19-10-14-5-4-6-16(9-14)20-3/h4-9,19H,10-11H2,1-3H3. The molecule has 0 atom stereocenters. The average Bonchev–Trinajstić information content (AvgIpc) is 2.45. The fourth-order valence-electron chi connectivity index (χ4n) is 2.27. The first kappa shape index (κ1) is 14.5. The van der Waals surface area contributed by atoms with Crippen LogP contribution in [0.25, 0.3) is 0 Å². The topological polar surface area (TPSA) is 21.3 Å². The molecule has 0 saturated carbocycles. The Morgan fingerprint density at radius 2 is 1.65 bits per heavy atom. The summed E-state index contributed by atoms with van der Waals surface area (Å²) in [6.07, 6.45) is 0. The molecule has 0 aliphatic rings. The summed E-state index contributed by atoms with van der Waals surface area (Å²) in [6.45, 7) is 5.08. The van der Waals surface area contributed by atoms with E-state index >= 15 is 0 Å². The van der Waals surface area contributed by atoms with Gasteiger partial charge >= 0.3 is 0 Å². The van der Waals surface area contributed by atoms with Crippen LogP contribution in [0.1, 0.15) is 22.3 Å². The van der Waals surface area contributed by atoms with Crippen molar-refractivity contribution in [3.8, 4) is 5.75 Å². The van der Waals surface area contributed by atoms with Gasteiger partial charge in [-0.15, -0.1) is 0 Å². The first-order chi connectivity index (χ1) is 9.60. The summed E-state index contributed by atoms with van der Waals surface area (Å²) in [4.78, 5) is 0. The summed E-state index contributed by atoms with van der Waals surface area (Å²) in [6, 6.07) is 11.7. The minimum absolute atomic E-state index is 0.110. The van der Waals surface area contributed by atoms with E-state index in [9.17, 15) is 4.39 Å². The zero-order valence-electron chi connectivity index (χ0n) is 12.2. The number of nitrogens with one attached hydrogen (secondary N) is 1. The third-order valence-corrected chi connectivity index (χ3v) is 3.29. The highest BCUT2D eigenvalue weighted by molar-refractivity contribution is 5.31. The smallest absolute Gasteiger partial charge is 0.129 e. The summed E-state index contributed by atoms with van der Waals surface area (Å²) >= 11 is 0. The van der Waals surface area contributed by atoms with E-state index in [2.05, 4.69) is 11.4 Å². The van der Waals surface area contributed by atoms with Gasteiger partial charge in [0.05, 0.1) is 7.11 Å². The van der Waals surface area contributed by atoms with Crippen molar-refractivity contribution in [3.05, 3.63) is 64.5 Å². The SMILES string of the molecule is COc1cccc(CNCc2cc(C)c(F)c(C)c2)c1. The Morgan fingerprint density at radius 3 is 2.30 bits per heavy atom. The molecule has 0 aliphatic carbocycles. The van der Waals surface area contributed by atoms with E-state index in [1.165, 1.54) is 5.56 Å². The lowest BCUT2D eigenvalue weighted by Gasteiger charge is -2.09. The number of hydrogen-bond acceptors (Lipinski definition) is 2. The largest absolute Gasteiger partial charge is 0.497 e. The van der Waals surface area contributed by atoms with E-state index in [-0.39, 0.29) is 5.82 Å². The van der Waals surface area contributed by atoms with Gasteiger partial charge in [-0.3, -0.25) is 0 Å². The van der Waals surface area contributed by atoms with Crippen molar-refractivity contribution in [2.45, 2.75) is 26.9 Å². The van der Waals surface area contributed by atoms with Gasteiger partial charge < -0.3 is 10.1 Å². The van der Waals surface area contributed by atoms with E-state index < -0.39 is 0 Å². The molecule has 0 fully saturated rings. The summed E-state index contributed by atoms with van der Waals surface area (Å²) in [5.41, 5.74) is 3.66. The Morgan fingerprint density at radius 1 is 1.00 bits per heavy atom. The molecule has 2 nitrogen and oxygen atoms in total. The third-order valence-electron chi connectivity index (χ3n) is 3.29. The first-order valence-corrected chi connectivity index (χ1v) is 6.69. The summed E-state index contributed by atoms with van der Waals surface area (Å²) in [5, 5.41) is 3.37. The van der Waals surface area contributed by atoms with Crippen LogP contribution in [-0.4, -0.2) is 7.11 Å². The number of ether oxygens (including phenoxy) is 1. The Bertz CT molecular complexity index is 572. The zero-order valence-corrected chi connectivity index (χ0v) is 12.2. The lowest BCUT2D eigenvalue weighted by Crippen LogP contribution is -2.13. The van der Waals surface area contributed by atoms with Gasteiger partial charge in [-0.05, 0) is 48.2 Å². The van der Waals surface area contributed by atoms with Crippen molar-refractivity contribution in [3.63, 3.8) is 0 Å². The van der Waals surface area contributed by atoms with Gasteiger partial charge in [0.1, 0.15) is 11.6 Å². The molecule has 0 amide bonds.